The molecule has 0 aromatic heterocycles. The lowest BCUT2D eigenvalue weighted by atomic mass is 9.84. The van der Waals surface area contributed by atoms with Crippen molar-refractivity contribution >= 4 is 5.97 Å². The second-order valence-electron chi connectivity index (χ2n) is 7.23. The summed E-state index contributed by atoms with van der Waals surface area (Å²) in [6, 6.07) is 1.02. The van der Waals surface area contributed by atoms with Gasteiger partial charge in [0, 0.05) is 25.2 Å². The van der Waals surface area contributed by atoms with Gasteiger partial charge in [-0.1, -0.05) is 13.8 Å². The number of piperidine rings is 1. The Balaban J connectivity index is 2.07. The zero-order valence-electron chi connectivity index (χ0n) is 13.6. The molecule has 1 N–H and O–H groups in total. The van der Waals surface area contributed by atoms with Gasteiger partial charge in [0.1, 0.15) is 5.54 Å². The first-order chi connectivity index (χ1) is 9.35. The van der Waals surface area contributed by atoms with Gasteiger partial charge in [-0.05, 0) is 44.9 Å². The molecular formula is C16H30N2O2. The molecule has 2 fully saturated rings. The van der Waals surface area contributed by atoms with Crippen molar-refractivity contribution < 1.29 is 9.53 Å². The molecule has 4 atom stereocenters. The highest BCUT2D eigenvalue weighted by Gasteiger charge is 2.43. The minimum atomic E-state index is -0.582. The van der Waals surface area contributed by atoms with Crippen LogP contribution in [-0.4, -0.2) is 48.7 Å². The van der Waals surface area contributed by atoms with Gasteiger partial charge in [0.25, 0.3) is 0 Å². The average molecular weight is 282 g/mol. The quantitative estimate of drug-likeness (QED) is 0.784. The minimum absolute atomic E-state index is 0.137. The number of likely N-dealkylation sites (tertiary alicyclic amines) is 1. The number of carbonyl (C=O) groups excluding carboxylic acids is 1. The number of hydrogen-bond donors (Lipinski definition) is 1. The van der Waals surface area contributed by atoms with Crippen LogP contribution >= 0.6 is 0 Å². The molecule has 1 saturated heterocycles. The highest BCUT2D eigenvalue weighted by molar-refractivity contribution is 5.80. The molecule has 1 saturated carbocycles. The van der Waals surface area contributed by atoms with E-state index in [1.165, 1.54) is 26.4 Å². The predicted molar refractivity (Wildman–Crippen MR) is 80.6 cm³/mol. The van der Waals surface area contributed by atoms with Crippen molar-refractivity contribution in [3.05, 3.63) is 0 Å². The molecule has 20 heavy (non-hydrogen) atoms. The zero-order valence-corrected chi connectivity index (χ0v) is 13.6. The first kappa shape index (κ1) is 15.8. The summed E-state index contributed by atoms with van der Waals surface area (Å²) in [4.78, 5) is 14.7. The number of nitrogens with zero attached hydrogens (tertiary/aromatic N) is 1. The van der Waals surface area contributed by atoms with Crippen molar-refractivity contribution in [3.63, 3.8) is 0 Å². The van der Waals surface area contributed by atoms with Gasteiger partial charge in [0.05, 0.1) is 7.11 Å². The van der Waals surface area contributed by atoms with Crippen LogP contribution in [0.4, 0.5) is 0 Å². The lowest BCUT2D eigenvalue weighted by Gasteiger charge is -2.44. The van der Waals surface area contributed by atoms with E-state index in [0.29, 0.717) is 23.9 Å². The van der Waals surface area contributed by atoms with Gasteiger partial charge in [0.15, 0.2) is 0 Å². The van der Waals surface area contributed by atoms with Gasteiger partial charge >= 0.3 is 5.97 Å². The molecule has 0 radical (unpaired) electrons. The molecule has 1 aliphatic carbocycles. The van der Waals surface area contributed by atoms with Crippen molar-refractivity contribution in [2.45, 2.75) is 64.6 Å². The summed E-state index contributed by atoms with van der Waals surface area (Å²) in [5, 5.41) is 3.50. The van der Waals surface area contributed by atoms with E-state index in [-0.39, 0.29) is 5.97 Å². The van der Waals surface area contributed by atoms with Gasteiger partial charge in [0.2, 0.25) is 0 Å². The van der Waals surface area contributed by atoms with Crippen molar-refractivity contribution in [3.8, 4) is 0 Å². The third kappa shape index (κ3) is 3.53. The van der Waals surface area contributed by atoms with E-state index < -0.39 is 5.54 Å². The maximum atomic E-state index is 12.2. The summed E-state index contributed by atoms with van der Waals surface area (Å²) >= 11 is 0. The van der Waals surface area contributed by atoms with Crippen molar-refractivity contribution in [1.82, 2.24) is 10.2 Å². The van der Waals surface area contributed by atoms with Crippen LogP contribution in [0.2, 0.25) is 0 Å². The molecule has 4 nitrogen and oxygen atoms in total. The number of rotatable bonds is 5. The number of carbonyl (C=O) groups is 1. The van der Waals surface area contributed by atoms with Gasteiger partial charge in [-0.2, -0.15) is 0 Å². The first-order valence-corrected chi connectivity index (χ1v) is 7.96. The highest BCUT2D eigenvalue weighted by atomic mass is 16.5. The highest BCUT2D eigenvalue weighted by Crippen LogP contribution is 2.30. The van der Waals surface area contributed by atoms with E-state index in [2.05, 4.69) is 31.0 Å². The normalized spacial score (nSPS) is 34.5. The van der Waals surface area contributed by atoms with Crippen molar-refractivity contribution in [2.24, 2.45) is 11.8 Å². The summed E-state index contributed by atoms with van der Waals surface area (Å²) < 4.78 is 5.05. The molecule has 2 rings (SSSR count). The molecular weight excluding hydrogens is 252 g/mol. The zero-order chi connectivity index (χ0) is 14.9. The Morgan fingerprint density at radius 1 is 1.35 bits per heavy atom. The van der Waals surface area contributed by atoms with Crippen molar-refractivity contribution in [1.29, 1.82) is 0 Å². The average Bonchev–Trinajstić information content (AvgIpc) is 3.18. The number of esters is 1. The van der Waals surface area contributed by atoms with Gasteiger partial charge in [-0.25, -0.2) is 0 Å². The van der Waals surface area contributed by atoms with Crippen LogP contribution < -0.4 is 5.32 Å². The fraction of sp³-hybridized carbons (Fsp3) is 0.938. The van der Waals surface area contributed by atoms with Crippen LogP contribution in [0.5, 0.6) is 0 Å². The Labute approximate surface area is 123 Å². The second-order valence-corrected chi connectivity index (χ2v) is 7.23. The molecule has 0 aromatic carbocycles. The fourth-order valence-electron chi connectivity index (χ4n) is 3.52. The topological polar surface area (TPSA) is 41.6 Å². The third-order valence-corrected chi connectivity index (χ3v) is 4.98. The van der Waals surface area contributed by atoms with Gasteiger partial charge in [-0.15, -0.1) is 0 Å². The summed E-state index contributed by atoms with van der Waals surface area (Å²) in [5.41, 5.74) is -0.582. The molecule has 0 spiro atoms. The Kier molecular flexibility index (Phi) is 4.75. The van der Waals surface area contributed by atoms with Crippen LogP contribution in [0.15, 0.2) is 0 Å². The maximum Gasteiger partial charge on any atom is 0.327 e. The van der Waals surface area contributed by atoms with Gasteiger partial charge in [-0.3, -0.25) is 15.0 Å². The first-order valence-electron chi connectivity index (χ1n) is 7.96. The van der Waals surface area contributed by atoms with Crippen LogP contribution in [0.1, 0.15) is 47.0 Å². The van der Waals surface area contributed by atoms with Crippen LogP contribution in [-0.2, 0) is 9.53 Å². The molecule has 116 valence electrons. The number of hydrogen-bond acceptors (Lipinski definition) is 4. The fourth-order valence-corrected chi connectivity index (χ4v) is 3.52. The summed E-state index contributed by atoms with van der Waals surface area (Å²) in [6.07, 6.45) is 3.63. The van der Waals surface area contributed by atoms with Crippen molar-refractivity contribution in [2.75, 3.05) is 20.2 Å². The molecule has 4 unspecified atom stereocenters. The second kappa shape index (κ2) is 6.02. The smallest absolute Gasteiger partial charge is 0.327 e. The van der Waals surface area contributed by atoms with E-state index in [1.807, 2.05) is 6.92 Å². The molecule has 0 amide bonds. The monoisotopic (exact) mass is 282 g/mol. The Morgan fingerprint density at radius 3 is 2.55 bits per heavy atom. The number of ether oxygens (including phenoxy) is 1. The van der Waals surface area contributed by atoms with Crippen LogP contribution in [0, 0.1) is 11.8 Å². The van der Waals surface area contributed by atoms with Crippen LogP contribution in [0.25, 0.3) is 0 Å². The van der Waals surface area contributed by atoms with Crippen LogP contribution in [0.3, 0.4) is 0 Å². The van der Waals surface area contributed by atoms with E-state index in [4.69, 9.17) is 4.74 Å². The number of methoxy groups -OCH3 is 1. The Morgan fingerprint density at radius 2 is 2.00 bits per heavy atom. The third-order valence-electron chi connectivity index (χ3n) is 4.98. The van der Waals surface area contributed by atoms with E-state index in [9.17, 15) is 4.79 Å². The SMILES string of the molecule is COC(=O)C(C)(CN1CC(C)CC(C)C1C)NC1CC1. The Hall–Kier alpha value is -0.610. The predicted octanol–water partition coefficient (Wildman–Crippen LogP) is 2.04. The van der Waals surface area contributed by atoms with E-state index >= 15 is 0 Å². The molecule has 0 aromatic rings. The van der Waals surface area contributed by atoms with E-state index in [0.717, 1.165) is 13.1 Å². The lowest BCUT2D eigenvalue weighted by Crippen LogP contribution is -2.61. The number of nitrogens with one attached hydrogen (secondary N) is 1. The molecule has 2 aliphatic rings. The Bertz CT molecular complexity index is 356. The maximum absolute atomic E-state index is 12.2. The van der Waals surface area contributed by atoms with E-state index in [1.54, 1.807) is 0 Å². The summed E-state index contributed by atoms with van der Waals surface area (Å²) in [6.45, 7) is 10.7. The standard InChI is InChI=1S/C16H30N2O2/c1-11-8-12(2)13(3)18(9-11)10-16(4,15(19)20-5)17-14-6-7-14/h11-14,17H,6-10H2,1-5H3. The summed E-state index contributed by atoms with van der Waals surface area (Å²) in [5.74, 6) is 1.24. The largest absolute Gasteiger partial charge is 0.468 e. The van der Waals surface area contributed by atoms with Gasteiger partial charge < -0.3 is 4.74 Å². The molecule has 1 aliphatic heterocycles. The summed E-state index contributed by atoms with van der Waals surface area (Å²) in [7, 11) is 1.49. The molecule has 0 bridgehead atoms. The molecule has 4 heteroatoms. The molecule has 1 heterocycles. The lowest BCUT2D eigenvalue weighted by molar-refractivity contribution is -0.149. The minimum Gasteiger partial charge on any atom is -0.468 e.